The highest BCUT2D eigenvalue weighted by Gasteiger charge is 2.58. The highest BCUT2D eigenvalue weighted by atomic mass is 19.4. The van der Waals surface area contributed by atoms with Crippen molar-refractivity contribution in [1.29, 1.82) is 0 Å². The van der Waals surface area contributed by atoms with Crippen molar-refractivity contribution in [3.05, 3.63) is 12.2 Å². The zero-order valence-electron chi connectivity index (χ0n) is 12.2. The third kappa shape index (κ3) is 5.22. The van der Waals surface area contributed by atoms with Crippen molar-refractivity contribution >= 4 is 0 Å². The van der Waals surface area contributed by atoms with E-state index in [-0.39, 0.29) is 0 Å². The summed E-state index contributed by atoms with van der Waals surface area (Å²) in [5, 5.41) is 0. The summed E-state index contributed by atoms with van der Waals surface area (Å²) >= 11 is 0. The van der Waals surface area contributed by atoms with E-state index < -0.39 is 78.2 Å². The molecule has 2 atom stereocenters. The summed E-state index contributed by atoms with van der Waals surface area (Å²) < 4.78 is 165. The minimum atomic E-state index is -6.34. The summed E-state index contributed by atoms with van der Waals surface area (Å²) in [6.45, 7) is -3.40. The van der Waals surface area contributed by atoms with Crippen molar-refractivity contribution in [2.45, 2.75) is 31.4 Å². The van der Waals surface area contributed by atoms with E-state index in [0.29, 0.717) is 0 Å². The van der Waals surface area contributed by atoms with Crippen LogP contribution in [-0.2, 0) is 0 Å². The number of piperidine rings is 1. The van der Waals surface area contributed by atoms with Crippen LogP contribution in [0.4, 0.5) is 57.1 Å². The second kappa shape index (κ2) is 6.87. The Hall–Kier alpha value is -1.57. The van der Waals surface area contributed by atoms with E-state index in [2.05, 4.69) is 0 Å². The molecule has 1 aliphatic heterocycles. The van der Waals surface area contributed by atoms with Crippen LogP contribution < -0.4 is 0 Å². The second-order valence-electron chi connectivity index (χ2n) is 5.36. The molecule has 0 amide bonds. The largest absolute Gasteiger partial charge is 0.493 e. The van der Waals surface area contributed by atoms with Crippen LogP contribution in [0.3, 0.4) is 0 Å². The molecule has 26 heavy (non-hydrogen) atoms. The molecule has 0 aromatic heterocycles. The van der Waals surface area contributed by atoms with Gasteiger partial charge in [-0.3, -0.25) is 0 Å². The van der Waals surface area contributed by atoms with E-state index in [0.717, 1.165) is 0 Å². The van der Waals surface area contributed by atoms with Crippen molar-refractivity contribution in [3.8, 4) is 0 Å². The van der Waals surface area contributed by atoms with Gasteiger partial charge in [-0.2, -0.15) is 31.2 Å². The van der Waals surface area contributed by atoms with Gasteiger partial charge in [-0.05, 0) is 6.42 Å². The minimum absolute atomic E-state index is 0.555. The summed E-state index contributed by atoms with van der Waals surface area (Å²) in [6, 6.07) is 0. The molecule has 154 valence electrons. The van der Waals surface area contributed by atoms with Gasteiger partial charge in [-0.25, -0.2) is 4.39 Å². The van der Waals surface area contributed by atoms with Crippen LogP contribution in [0.25, 0.3) is 0 Å². The first-order valence-corrected chi connectivity index (χ1v) is 6.51. The lowest BCUT2D eigenvalue weighted by molar-refractivity contribution is -0.366. The normalized spacial score (nSPS) is 24.0. The van der Waals surface area contributed by atoms with Crippen molar-refractivity contribution in [2.24, 2.45) is 11.8 Å². The molecule has 1 heterocycles. The highest BCUT2D eigenvalue weighted by Crippen LogP contribution is 2.45. The molecule has 2 unspecified atom stereocenters. The first kappa shape index (κ1) is 22.5. The summed E-state index contributed by atoms with van der Waals surface area (Å²) in [5.74, 6) is -8.31. The van der Waals surface area contributed by atoms with Gasteiger partial charge in [-0.1, -0.05) is 0 Å². The van der Waals surface area contributed by atoms with Gasteiger partial charge in [0.2, 0.25) is 0 Å². The van der Waals surface area contributed by atoms with E-state index in [4.69, 9.17) is 0 Å². The Bertz CT molecular complexity index is 476. The Morgan fingerprint density at radius 1 is 0.731 bits per heavy atom. The predicted octanol–water partition coefficient (Wildman–Crippen LogP) is 5.16. The fraction of sp³-hybridized carbons (Fsp3) is 0.818. The maximum Gasteiger partial charge on any atom is 0.493 e. The predicted molar refractivity (Wildman–Crippen MR) is 58.4 cm³/mol. The minimum Gasteiger partial charge on any atom is -0.355 e. The summed E-state index contributed by atoms with van der Waals surface area (Å²) in [4.78, 5) is -3.03. The molecule has 0 aromatic rings. The molecular weight excluding hydrogens is 407 g/mol. The first-order chi connectivity index (χ1) is 11.4. The van der Waals surface area contributed by atoms with Gasteiger partial charge in [0.1, 0.15) is 12.2 Å². The Morgan fingerprint density at radius 2 is 1.08 bits per heavy atom. The van der Waals surface area contributed by atoms with Gasteiger partial charge >= 0.3 is 25.0 Å². The lowest BCUT2D eigenvalue weighted by Gasteiger charge is -2.43. The zero-order valence-corrected chi connectivity index (χ0v) is 12.2. The molecule has 1 saturated heterocycles. The molecule has 1 rings (SSSR count). The number of likely N-dealkylation sites (tertiary alicyclic amines) is 1. The smallest absolute Gasteiger partial charge is 0.355 e. The topological polar surface area (TPSA) is 6.48 Å². The Kier molecular flexibility index (Phi) is 5.94. The van der Waals surface area contributed by atoms with Gasteiger partial charge in [-0.15, -0.1) is 26.3 Å². The van der Waals surface area contributed by atoms with E-state index in [1.807, 2.05) is 0 Å². The van der Waals surface area contributed by atoms with Crippen LogP contribution in [0, 0.1) is 11.8 Å². The molecule has 0 saturated carbocycles. The summed E-state index contributed by atoms with van der Waals surface area (Å²) in [5.41, 5.74) is 0. The molecule has 1 fully saturated rings. The van der Waals surface area contributed by atoms with Crippen LogP contribution in [0.1, 0.15) is 6.42 Å². The van der Waals surface area contributed by atoms with Crippen molar-refractivity contribution < 1.29 is 57.1 Å². The average molecular weight is 416 g/mol. The fourth-order valence-electron chi connectivity index (χ4n) is 2.42. The number of hydrogen-bond acceptors (Lipinski definition) is 2. The van der Waals surface area contributed by atoms with Gasteiger partial charge < -0.3 is 4.90 Å². The lowest BCUT2D eigenvalue weighted by Crippen LogP contribution is -2.56. The second-order valence-corrected chi connectivity index (χ2v) is 5.36. The van der Waals surface area contributed by atoms with Crippen LogP contribution in [0.2, 0.25) is 0 Å². The van der Waals surface area contributed by atoms with Gasteiger partial charge in [0.25, 0.3) is 0 Å². The maximum atomic E-state index is 12.8. The van der Waals surface area contributed by atoms with Crippen LogP contribution in [0.5, 0.6) is 0 Å². The molecule has 1 aliphatic rings. The van der Waals surface area contributed by atoms with E-state index in [1.54, 1.807) is 0 Å². The third-order valence-electron chi connectivity index (χ3n) is 3.53. The Balaban J connectivity index is 3.34. The SMILES string of the molecule is F/C=C(\N1CC(C(F)(F)F)CC(C(F)(F)F)C1)N(C(F)(F)F)C(F)(F)F. The quantitative estimate of drug-likeness (QED) is 0.454. The van der Waals surface area contributed by atoms with Gasteiger partial charge in [0.15, 0.2) is 0 Å². The van der Waals surface area contributed by atoms with E-state index >= 15 is 0 Å². The van der Waals surface area contributed by atoms with Crippen molar-refractivity contribution in [1.82, 2.24) is 9.80 Å². The molecule has 0 spiro atoms. The zero-order chi connectivity index (χ0) is 20.7. The number of rotatable bonds is 2. The van der Waals surface area contributed by atoms with E-state index in [1.165, 1.54) is 0 Å². The first-order valence-electron chi connectivity index (χ1n) is 6.51. The molecule has 0 aliphatic carbocycles. The number of nitrogens with zero attached hydrogens (tertiary/aromatic N) is 2. The lowest BCUT2D eigenvalue weighted by atomic mass is 9.88. The molecule has 2 nitrogen and oxygen atoms in total. The highest BCUT2D eigenvalue weighted by molar-refractivity contribution is 5.03. The monoisotopic (exact) mass is 416 g/mol. The number of hydrogen-bond donors (Lipinski definition) is 0. The van der Waals surface area contributed by atoms with E-state index in [9.17, 15) is 57.1 Å². The van der Waals surface area contributed by atoms with Crippen LogP contribution >= 0.6 is 0 Å². The average Bonchev–Trinajstić information content (AvgIpc) is 2.39. The van der Waals surface area contributed by atoms with Gasteiger partial charge in [0, 0.05) is 13.1 Å². The van der Waals surface area contributed by atoms with Gasteiger partial charge in [0.05, 0.1) is 11.8 Å². The maximum absolute atomic E-state index is 12.8. The summed E-state index contributed by atoms with van der Waals surface area (Å²) in [6.07, 6.45) is -26.3. The van der Waals surface area contributed by atoms with Crippen LogP contribution in [0.15, 0.2) is 12.2 Å². The molecule has 0 aromatic carbocycles. The fourth-order valence-corrected chi connectivity index (χ4v) is 2.42. The molecule has 0 bridgehead atoms. The number of halogens is 13. The number of alkyl halides is 12. The van der Waals surface area contributed by atoms with Crippen molar-refractivity contribution in [2.75, 3.05) is 13.1 Å². The van der Waals surface area contributed by atoms with Crippen molar-refractivity contribution in [3.63, 3.8) is 0 Å². The van der Waals surface area contributed by atoms with Crippen LogP contribution in [-0.4, -0.2) is 47.8 Å². The third-order valence-corrected chi connectivity index (χ3v) is 3.53. The standard InChI is InChI=1S/C11H9F13N2/c12-2-7(26(10(19,20)21)11(22,23)24)25-3-5(8(13,14)15)1-6(4-25)9(16,17)18/h2,5-6H,1,3-4H2/b7-2+. The molecule has 0 N–H and O–H groups in total. The summed E-state index contributed by atoms with van der Waals surface area (Å²) in [7, 11) is 0. The molecule has 0 radical (unpaired) electrons. The molecule has 15 heteroatoms. The Labute approximate surface area is 136 Å². The Morgan fingerprint density at radius 3 is 1.31 bits per heavy atom. The molecular formula is C11H9F13N2.